The zero-order chi connectivity index (χ0) is 29.4. The Morgan fingerprint density at radius 1 is 0.930 bits per heavy atom. The summed E-state index contributed by atoms with van der Waals surface area (Å²) in [6, 6.07) is 23.4. The lowest BCUT2D eigenvalue weighted by Crippen LogP contribution is -2.42. The molecule has 3 aromatic carbocycles. The Morgan fingerprint density at radius 2 is 1.63 bits per heavy atom. The molecule has 43 heavy (non-hydrogen) atoms. The summed E-state index contributed by atoms with van der Waals surface area (Å²) < 4.78 is 6.32. The van der Waals surface area contributed by atoms with Gasteiger partial charge in [-0.25, -0.2) is 0 Å². The van der Waals surface area contributed by atoms with Crippen molar-refractivity contribution in [1.29, 1.82) is 0 Å². The first-order chi connectivity index (χ1) is 20.9. The molecule has 3 heterocycles. The highest BCUT2D eigenvalue weighted by Gasteiger charge is 2.70. The molecule has 2 aliphatic heterocycles. The summed E-state index contributed by atoms with van der Waals surface area (Å²) >= 11 is 2.70. The van der Waals surface area contributed by atoms with Crippen molar-refractivity contribution >= 4 is 46.3 Å². The van der Waals surface area contributed by atoms with E-state index >= 15 is 0 Å². The number of amides is 2. The number of carbonyl (C=O) groups is 2. The first kappa shape index (κ1) is 26.4. The fourth-order valence-corrected chi connectivity index (χ4v) is 10.8. The Hall–Kier alpha value is -4.22. The van der Waals surface area contributed by atoms with Crippen LogP contribution in [0.3, 0.4) is 0 Å². The summed E-state index contributed by atoms with van der Waals surface area (Å²) in [5, 5.41) is 12.6. The van der Waals surface area contributed by atoms with E-state index in [0.29, 0.717) is 17.0 Å². The van der Waals surface area contributed by atoms with E-state index in [4.69, 9.17) is 4.74 Å². The topological polar surface area (TPSA) is 123 Å². The number of rotatable bonds is 6. The molecule has 1 aromatic heterocycles. The summed E-state index contributed by atoms with van der Waals surface area (Å²) in [7, 11) is 0. The first-order valence-electron chi connectivity index (χ1n) is 14.2. The second-order valence-electron chi connectivity index (χ2n) is 11.6. The third kappa shape index (κ3) is 4.01. The molecule has 0 radical (unpaired) electrons. The first-order valence-corrected chi connectivity index (χ1v) is 15.9. The van der Waals surface area contributed by atoms with Crippen molar-refractivity contribution in [1.82, 2.24) is 4.98 Å². The van der Waals surface area contributed by atoms with Gasteiger partial charge in [-0.15, -0.1) is 11.8 Å². The maximum atomic E-state index is 14.0. The second-order valence-corrected chi connectivity index (χ2v) is 13.8. The number of nitrogens with zero attached hydrogens (tertiary/aromatic N) is 2. The summed E-state index contributed by atoms with van der Waals surface area (Å²) in [6.45, 7) is 0.271. The maximum Gasteiger partial charge on any atom is 0.305 e. The molecule has 0 spiro atoms. The number of imide groups is 1. The predicted octanol–water partition coefficient (Wildman–Crippen LogP) is 5.60. The van der Waals surface area contributed by atoms with Crippen LogP contribution >= 0.6 is 23.1 Å². The number of ether oxygens (including phenoxy) is 1. The molecular weight excluding hydrogens is 587 g/mol. The minimum absolute atomic E-state index is 0.0392. The largest absolute Gasteiger partial charge is 0.489 e. The van der Waals surface area contributed by atoms with Crippen LogP contribution < -0.4 is 14.5 Å². The molecule has 6 unspecified atom stereocenters. The molecule has 3 fully saturated rings. The summed E-state index contributed by atoms with van der Waals surface area (Å²) in [5.74, 6) is -1.39. The van der Waals surface area contributed by atoms with Crippen molar-refractivity contribution in [3.63, 3.8) is 0 Å². The van der Waals surface area contributed by atoms with E-state index in [9.17, 15) is 24.5 Å². The van der Waals surface area contributed by atoms with Gasteiger partial charge in [0.25, 0.3) is 5.69 Å². The number of nitro benzene ring substituents is 1. The number of hydrogen-bond donors (Lipinski definition) is 1. The van der Waals surface area contributed by atoms with Crippen molar-refractivity contribution in [2.45, 2.75) is 29.2 Å². The highest BCUT2D eigenvalue weighted by Crippen LogP contribution is 2.69. The van der Waals surface area contributed by atoms with Gasteiger partial charge in [0.05, 0.1) is 27.5 Å². The van der Waals surface area contributed by atoms with E-state index < -0.39 is 22.7 Å². The van der Waals surface area contributed by atoms with Crippen LogP contribution in [0.1, 0.15) is 28.3 Å². The standard InChI is InChI=1S/C32H25N3O6S2/c36-30-25-20-14-21(26(25)31(37)34(30)17-9-5-2-6-10-17)27-24(20)23(28-29(42-27)33-32(38)43-28)19-13-18(35(39)40)11-12-22(19)41-15-16-7-3-1-4-8-16/h1-13,20-21,23-27H,14-15H2,(H,33,38)/t20?,21?,23-,24?,25?,26?,27?/m1/s1. The third-order valence-corrected chi connectivity index (χ3v) is 12.1. The Balaban J connectivity index is 1.24. The minimum atomic E-state index is -0.466. The average Bonchev–Trinajstić information content (AvgIpc) is 3.75. The summed E-state index contributed by atoms with van der Waals surface area (Å²) in [4.78, 5) is 56.9. The number of benzene rings is 3. The Kier molecular flexibility index (Phi) is 6.09. The highest BCUT2D eigenvalue weighted by molar-refractivity contribution is 8.00. The van der Waals surface area contributed by atoms with E-state index in [1.807, 2.05) is 48.5 Å². The fourth-order valence-electron chi connectivity index (χ4n) is 7.96. The number of anilines is 1. The highest BCUT2D eigenvalue weighted by atomic mass is 32.2. The van der Waals surface area contributed by atoms with Gasteiger partial charge >= 0.3 is 4.87 Å². The van der Waals surface area contributed by atoms with Crippen molar-refractivity contribution < 1.29 is 19.2 Å². The van der Waals surface area contributed by atoms with Gasteiger partial charge < -0.3 is 9.72 Å². The Morgan fingerprint density at radius 3 is 2.35 bits per heavy atom. The molecule has 11 heteroatoms. The summed E-state index contributed by atoms with van der Waals surface area (Å²) in [5.41, 5.74) is 2.11. The number of para-hydroxylation sites is 1. The van der Waals surface area contributed by atoms with Gasteiger partial charge in [0.2, 0.25) is 11.8 Å². The molecule has 1 N–H and O–H groups in total. The molecule has 2 saturated carbocycles. The van der Waals surface area contributed by atoms with Crippen LogP contribution in [0.4, 0.5) is 11.4 Å². The van der Waals surface area contributed by atoms with Gasteiger partial charge in [-0.05, 0) is 47.9 Å². The van der Waals surface area contributed by atoms with Crippen LogP contribution in [0, 0.1) is 39.7 Å². The van der Waals surface area contributed by atoms with Gasteiger partial charge in [-0.1, -0.05) is 59.9 Å². The lowest BCUT2D eigenvalue weighted by molar-refractivity contribution is -0.385. The molecule has 8 rings (SSSR count). The van der Waals surface area contributed by atoms with Gasteiger partial charge in [-0.2, -0.15) is 0 Å². The van der Waals surface area contributed by atoms with Crippen LogP contribution in [0.5, 0.6) is 5.75 Å². The van der Waals surface area contributed by atoms with Crippen LogP contribution in [-0.2, 0) is 16.2 Å². The number of nitro groups is 1. The number of fused-ring (bicyclic) bond motifs is 9. The van der Waals surface area contributed by atoms with Gasteiger partial charge in [0.1, 0.15) is 12.4 Å². The van der Waals surface area contributed by atoms with Gasteiger partial charge in [-0.3, -0.25) is 29.4 Å². The molecule has 2 amide bonds. The second kappa shape index (κ2) is 9.92. The fraction of sp³-hybridized carbons (Fsp3) is 0.281. The van der Waals surface area contributed by atoms with Crippen LogP contribution in [0.2, 0.25) is 0 Å². The Labute approximate surface area is 254 Å². The van der Waals surface area contributed by atoms with Crippen LogP contribution in [-0.4, -0.2) is 27.0 Å². The van der Waals surface area contributed by atoms with E-state index in [1.165, 1.54) is 11.0 Å². The maximum absolute atomic E-state index is 14.0. The van der Waals surface area contributed by atoms with Crippen molar-refractivity contribution in [2.75, 3.05) is 4.90 Å². The van der Waals surface area contributed by atoms with Crippen molar-refractivity contribution in [3.8, 4) is 5.75 Å². The number of nitrogens with one attached hydrogen (secondary N) is 1. The van der Waals surface area contributed by atoms with Crippen LogP contribution in [0.15, 0.2) is 88.7 Å². The van der Waals surface area contributed by atoms with Crippen LogP contribution in [0.25, 0.3) is 0 Å². The normalized spacial score (nSPS) is 28.5. The van der Waals surface area contributed by atoms with E-state index in [-0.39, 0.29) is 52.0 Å². The molecule has 9 nitrogen and oxygen atoms in total. The number of thiazole rings is 1. The van der Waals surface area contributed by atoms with Gasteiger partial charge in [0.15, 0.2) is 0 Å². The minimum Gasteiger partial charge on any atom is -0.489 e. The smallest absolute Gasteiger partial charge is 0.305 e. The monoisotopic (exact) mass is 611 g/mol. The molecule has 4 aliphatic rings. The lowest BCUT2D eigenvalue weighted by atomic mass is 9.68. The Bertz CT molecular complexity index is 1840. The molecular formula is C32H25N3O6S2. The lowest BCUT2D eigenvalue weighted by Gasteiger charge is -2.43. The van der Waals surface area contributed by atoms with Crippen molar-refractivity contribution in [3.05, 3.63) is 115 Å². The zero-order valence-corrected chi connectivity index (χ0v) is 24.3. The summed E-state index contributed by atoms with van der Waals surface area (Å²) in [6.07, 6.45) is 0.725. The number of hydrogen-bond acceptors (Lipinski definition) is 8. The SMILES string of the molecule is O=C1C2C3CC(C2C(=O)N1c1ccccc1)C1C3Sc2[nH]c(=O)sc2[C@@H]1c1cc([N+](=O)[O-])ccc1OCc1ccccc1. The zero-order valence-electron chi connectivity index (χ0n) is 22.6. The molecule has 1 saturated heterocycles. The molecule has 7 atom stereocenters. The molecule has 2 aliphatic carbocycles. The van der Waals surface area contributed by atoms with Crippen molar-refractivity contribution in [2.24, 2.45) is 29.6 Å². The van der Waals surface area contributed by atoms with E-state index in [0.717, 1.165) is 33.2 Å². The predicted molar refractivity (Wildman–Crippen MR) is 161 cm³/mol. The number of aromatic nitrogens is 1. The van der Waals surface area contributed by atoms with Gasteiger partial charge in [0, 0.05) is 33.7 Å². The molecule has 216 valence electrons. The number of H-pyrrole nitrogens is 1. The number of non-ortho nitro benzene ring substituents is 1. The average molecular weight is 612 g/mol. The molecule has 2 bridgehead atoms. The van der Waals surface area contributed by atoms with E-state index in [2.05, 4.69) is 4.98 Å². The quantitative estimate of drug-likeness (QED) is 0.171. The number of aromatic amines is 1. The van der Waals surface area contributed by atoms with E-state index in [1.54, 1.807) is 36.0 Å². The number of carbonyl (C=O) groups excluding carboxylic acids is 2. The number of thioether (sulfide) groups is 1. The molecule has 4 aromatic rings. The third-order valence-electron chi connectivity index (χ3n) is 9.51.